The van der Waals surface area contributed by atoms with Gasteiger partial charge in [-0.05, 0) is 45.8 Å². The van der Waals surface area contributed by atoms with Crippen LogP contribution in [0.1, 0.15) is 39.0 Å². The van der Waals surface area contributed by atoms with Crippen LogP contribution in [0.4, 0.5) is 0 Å². The Hall–Kier alpha value is -0.810. The van der Waals surface area contributed by atoms with Gasteiger partial charge in [0.1, 0.15) is 5.84 Å². The van der Waals surface area contributed by atoms with Crippen LogP contribution in [0, 0.1) is 0 Å². The predicted molar refractivity (Wildman–Crippen MR) is 70.4 cm³/mol. The summed E-state index contributed by atoms with van der Waals surface area (Å²) in [5, 5.41) is 14.8. The van der Waals surface area contributed by atoms with E-state index in [1.807, 2.05) is 0 Å². The van der Waals surface area contributed by atoms with Crippen LogP contribution in [0.15, 0.2) is 5.16 Å². The van der Waals surface area contributed by atoms with Crippen molar-refractivity contribution >= 4 is 5.84 Å². The molecule has 4 N–H and O–H groups in total. The largest absolute Gasteiger partial charge is 0.409 e. The number of piperidine rings is 1. The summed E-state index contributed by atoms with van der Waals surface area (Å²) >= 11 is 0. The molecule has 1 aliphatic heterocycles. The second-order valence-electron chi connectivity index (χ2n) is 4.91. The van der Waals surface area contributed by atoms with Crippen molar-refractivity contribution < 1.29 is 5.21 Å². The molecule has 1 rings (SSSR count). The summed E-state index contributed by atoms with van der Waals surface area (Å²) in [6, 6.07) is 0.514. The minimum Gasteiger partial charge on any atom is -0.409 e. The van der Waals surface area contributed by atoms with Gasteiger partial charge in [0.2, 0.25) is 0 Å². The van der Waals surface area contributed by atoms with E-state index in [9.17, 15) is 0 Å². The zero-order valence-electron chi connectivity index (χ0n) is 10.9. The molecular formula is C12H26N4O. The number of rotatable bonds is 7. The SMILES string of the molecule is CC(CN1CCCCC1)NCCCC(N)=NO. The van der Waals surface area contributed by atoms with E-state index >= 15 is 0 Å². The van der Waals surface area contributed by atoms with Crippen LogP contribution in [0.5, 0.6) is 0 Å². The lowest BCUT2D eigenvalue weighted by Crippen LogP contribution is -2.41. The molecular weight excluding hydrogens is 216 g/mol. The molecule has 1 fully saturated rings. The fourth-order valence-electron chi connectivity index (χ4n) is 2.26. The molecule has 0 aromatic rings. The van der Waals surface area contributed by atoms with E-state index in [4.69, 9.17) is 10.9 Å². The quantitative estimate of drug-likeness (QED) is 0.204. The average Bonchev–Trinajstić information content (AvgIpc) is 2.35. The van der Waals surface area contributed by atoms with Gasteiger partial charge in [0, 0.05) is 19.0 Å². The van der Waals surface area contributed by atoms with Gasteiger partial charge >= 0.3 is 0 Å². The van der Waals surface area contributed by atoms with E-state index in [0.717, 1.165) is 19.5 Å². The number of nitrogens with two attached hydrogens (primary N) is 1. The van der Waals surface area contributed by atoms with Crippen molar-refractivity contribution in [3.05, 3.63) is 0 Å². The van der Waals surface area contributed by atoms with Crippen molar-refractivity contribution in [3.63, 3.8) is 0 Å². The molecule has 0 aromatic heterocycles. The molecule has 5 nitrogen and oxygen atoms in total. The number of amidine groups is 1. The summed E-state index contributed by atoms with van der Waals surface area (Å²) in [6.45, 7) is 6.76. The summed E-state index contributed by atoms with van der Waals surface area (Å²) in [4.78, 5) is 2.53. The van der Waals surface area contributed by atoms with E-state index in [-0.39, 0.29) is 0 Å². The zero-order valence-corrected chi connectivity index (χ0v) is 10.9. The number of hydrogen-bond donors (Lipinski definition) is 3. The zero-order chi connectivity index (χ0) is 12.5. The van der Waals surface area contributed by atoms with E-state index in [1.54, 1.807) is 0 Å². The molecule has 0 saturated carbocycles. The highest BCUT2D eigenvalue weighted by Crippen LogP contribution is 2.08. The van der Waals surface area contributed by atoms with Gasteiger partial charge in [0.25, 0.3) is 0 Å². The van der Waals surface area contributed by atoms with Crippen molar-refractivity contribution in [2.75, 3.05) is 26.2 Å². The molecule has 1 heterocycles. The van der Waals surface area contributed by atoms with Gasteiger partial charge in [-0.2, -0.15) is 0 Å². The molecule has 17 heavy (non-hydrogen) atoms. The van der Waals surface area contributed by atoms with Crippen LogP contribution in [-0.2, 0) is 0 Å². The Balaban J connectivity index is 2.02. The molecule has 0 aromatic carbocycles. The highest BCUT2D eigenvalue weighted by molar-refractivity contribution is 5.79. The lowest BCUT2D eigenvalue weighted by molar-refractivity contribution is 0.209. The number of nitrogens with zero attached hydrogens (tertiary/aromatic N) is 2. The third-order valence-corrected chi connectivity index (χ3v) is 3.21. The smallest absolute Gasteiger partial charge is 0.139 e. The summed E-state index contributed by atoms with van der Waals surface area (Å²) < 4.78 is 0. The first-order chi connectivity index (χ1) is 8.22. The summed E-state index contributed by atoms with van der Waals surface area (Å²) in [5.74, 6) is 0.315. The first-order valence-corrected chi connectivity index (χ1v) is 6.64. The number of oxime groups is 1. The highest BCUT2D eigenvalue weighted by atomic mass is 16.4. The second-order valence-corrected chi connectivity index (χ2v) is 4.91. The van der Waals surface area contributed by atoms with E-state index in [1.165, 1.54) is 32.4 Å². The maximum Gasteiger partial charge on any atom is 0.139 e. The van der Waals surface area contributed by atoms with E-state index in [2.05, 4.69) is 22.3 Å². The van der Waals surface area contributed by atoms with Crippen LogP contribution in [-0.4, -0.2) is 48.2 Å². The van der Waals surface area contributed by atoms with Crippen molar-refractivity contribution in [1.82, 2.24) is 10.2 Å². The van der Waals surface area contributed by atoms with Crippen LogP contribution < -0.4 is 11.1 Å². The standard InChI is InChI=1S/C12H26N4O/c1-11(10-16-8-3-2-4-9-16)14-7-5-6-12(13)15-17/h11,14,17H,2-10H2,1H3,(H2,13,15). The minimum absolute atomic E-state index is 0.315. The Morgan fingerprint density at radius 3 is 2.76 bits per heavy atom. The van der Waals surface area contributed by atoms with Crippen LogP contribution in [0.25, 0.3) is 0 Å². The molecule has 0 bridgehead atoms. The highest BCUT2D eigenvalue weighted by Gasteiger charge is 2.12. The Labute approximate surface area is 104 Å². The summed E-state index contributed by atoms with van der Waals surface area (Å²) in [5.41, 5.74) is 5.40. The van der Waals surface area contributed by atoms with Gasteiger partial charge in [-0.25, -0.2) is 0 Å². The van der Waals surface area contributed by atoms with Gasteiger partial charge in [0.05, 0.1) is 0 Å². The summed E-state index contributed by atoms with van der Waals surface area (Å²) in [7, 11) is 0. The Morgan fingerprint density at radius 2 is 2.12 bits per heavy atom. The van der Waals surface area contributed by atoms with Gasteiger partial charge < -0.3 is 21.2 Å². The lowest BCUT2D eigenvalue weighted by Gasteiger charge is -2.29. The van der Waals surface area contributed by atoms with Crippen molar-refractivity contribution in [3.8, 4) is 0 Å². The minimum atomic E-state index is 0.315. The maximum atomic E-state index is 8.40. The van der Waals surface area contributed by atoms with E-state index < -0.39 is 0 Å². The molecule has 0 aliphatic carbocycles. The Bertz CT molecular complexity index is 227. The monoisotopic (exact) mass is 242 g/mol. The average molecular weight is 242 g/mol. The first kappa shape index (κ1) is 14.3. The van der Waals surface area contributed by atoms with Crippen molar-refractivity contribution in [2.24, 2.45) is 10.9 Å². The number of nitrogens with one attached hydrogen (secondary N) is 1. The fourth-order valence-corrected chi connectivity index (χ4v) is 2.26. The number of hydrogen-bond acceptors (Lipinski definition) is 4. The molecule has 0 radical (unpaired) electrons. The van der Waals surface area contributed by atoms with Gasteiger partial charge in [-0.3, -0.25) is 0 Å². The fraction of sp³-hybridized carbons (Fsp3) is 0.917. The number of likely N-dealkylation sites (tertiary alicyclic amines) is 1. The normalized spacial score (nSPS) is 20.4. The van der Waals surface area contributed by atoms with Crippen molar-refractivity contribution in [2.45, 2.75) is 45.1 Å². The van der Waals surface area contributed by atoms with Gasteiger partial charge in [-0.15, -0.1) is 0 Å². The Kier molecular flexibility index (Phi) is 6.96. The maximum absolute atomic E-state index is 8.40. The lowest BCUT2D eigenvalue weighted by atomic mass is 10.1. The third-order valence-electron chi connectivity index (χ3n) is 3.21. The van der Waals surface area contributed by atoms with Crippen LogP contribution >= 0.6 is 0 Å². The molecule has 1 atom stereocenters. The molecule has 0 amide bonds. The van der Waals surface area contributed by atoms with Crippen LogP contribution in [0.3, 0.4) is 0 Å². The molecule has 1 saturated heterocycles. The topological polar surface area (TPSA) is 73.9 Å². The third kappa shape index (κ3) is 6.48. The first-order valence-electron chi connectivity index (χ1n) is 6.64. The van der Waals surface area contributed by atoms with Crippen LogP contribution in [0.2, 0.25) is 0 Å². The van der Waals surface area contributed by atoms with Gasteiger partial charge in [-0.1, -0.05) is 11.6 Å². The second kappa shape index (κ2) is 8.31. The van der Waals surface area contributed by atoms with E-state index in [0.29, 0.717) is 18.3 Å². The molecule has 100 valence electrons. The molecule has 1 aliphatic rings. The van der Waals surface area contributed by atoms with Gasteiger partial charge in [0.15, 0.2) is 0 Å². The van der Waals surface area contributed by atoms with Crippen molar-refractivity contribution in [1.29, 1.82) is 0 Å². The predicted octanol–water partition coefficient (Wildman–Crippen LogP) is 0.977. The molecule has 1 unspecified atom stereocenters. The summed E-state index contributed by atoms with van der Waals surface area (Å²) in [6.07, 6.45) is 5.64. The Morgan fingerprint density at radius 1 is 1.41 bits per heavy atom. The molecule has 0 spiro atoms. The molecule has 5 heteroatoms.